The van der Waals surface area contributed by atoms with Gasteiger partial charge in [0.2, 0.25) is 0 Å². The Labute approximate surface area is 144 Å². The van der Waals surface area contributed by atoms with Crippen molar-refractivity contribution in [2.75, 3.05) is 11.4 Å². The van der Waals surface area contributed by atoms with Gasteiger partial charge in [0.1, 0.15) is 6.04 Å². The number of benzene rings is 1. The molecule has 1 atom stereocenters. The van der Waals surface area contributed by atoms with E-state index >= 15 is 0 Å². The van der Waals surface area contributed by atoms with E-state index in [-0.39, 0.29) is 6.04 Å². The standard InChI is InChI=1S/C18H18ClN5/c1-23-15-8-12(19)4-5-13(15)17(22-23)16-9-21-18-14(6-7-20-18)24(16)10-11-2-3-11/h4-9,11,16,20H,2-3,10H2,1H3. The molecule has 3 heterocycles. The van der Waals surface area contributed by atoms with Crippen LogP contribution < -0.4 is 4.90 Å². The number of aliphatic imine (C=N–C) groups is 1. The molecule has 5 rings (SSSR count). The van der Waals surface area contributed by atoms with E-state index in [1.54, 1.807) is 0 Å². The van der Waals surface area contributed by atoms with Gasteiger partial charge >= 0.3 is 0 Å². The molecular weight excluding hydrogens is 322 g/mol. The number of nitrogens with one attached hydrogen (secondary N) is 1. The number of halogens is 1. The summed E-state index contributed by atoms with van der Waals surface area (Å²) in [4.78, 5) is 10.3. The molecule has 5 nitrogen and oxygen atoms in total. The highest BCUT2D eigenvalue weighted by atomic mass is 35.5. The molecule has 2 aliphatic rings. The Hall–Kier alpha value is -2.27. The van der Waals surface area contributed by atoms with Crippen molar-refractivity contribution in [1.29, 1.82) is 0 Å². The number of aromatic nitrogens is 3. The van der Waals surface area contributed by atoms with Gasteiger partial charge in [-0.05, 0) is 43.0 Å². The van der Waals surface area contributed by atoms with Crippen molar-refractivity contribution in [3.8, 4) is 0 Å². The first-order chi connectivity index (χ1) is 11.7. The number of hydrogen-bond donors (Lipinski definition) is 1. The van der Waals surface area contributed by atoms with Crippen LogP contribution in [0, 0.1) is 5.92 Å². The summed E-state index contributed by atoms with van der Waals surface area (Å²) in [5.41, 5.74) is 3.26. The fourth-order valence-electron chi connectivity index (χ4n) is 3.55. The van der Waals surface area contributed by atoms with Gasteiger partial charge in [0.25, 0.3) is 0 Å². The number of hydrogen-bond acceptors (Lipinski definition) is 3. The maximum absolute atomic E-state index is 6.16. The summed E-state index contributed by atoms with van der Waals surface area (Å²) >= 11 is 6.16. The Morgan fingerprint density at radius 3 is 3.00 bits per heavy atom. The number of fused-ring (bicyclic) bond motifs is 2. The van der Waals surface area contributed by atoms with Gasteiger partial charge in [-0.25, -0.2) is 4.99 Å². The summed E-state index contributed by atoms with van der Waals surface area (Å²) < 4.78 is 1.91. The molecule has 2 aromatic heterocycles. The zero-order chi connectivity index (χ0) is 16.3. The first-order valence-electron chi connectivity index (χ1n) is 8.31. The van der Waals surface area contributed by atoms with Crippen molar-refractivity contribution >= 4 is 40.2 Å². The average Bonchev–Trinajstić information content (AvgIpc) is 3.15. The highest BCUT2D eigenvalue weighted by molar-refractivity contribution is 6.31. The molecule has 0 amide bonds. The summed E-state index contributed by atoms with van der Waals surface area (Å²) in [5, 5.41) is 6.68. The molecule has 1 saturated carbocycles. The largest absolute Gasteiger partial charge is 0.354 e. The average molecular weight is 340 g/mol. The zero-order valence-corrected chi connectivity index (χ0v) is 14.2. The third-order valence-corrected chi connectivity index (χ3v) is 5.20. The Morgan fingerprint density at radius 2 is 2.17 bits per heavy atom. The molecule has 0 saturated heterocycles. The fourth-order valence-corrected chi connectivity index (χ4v) is 3.72. The molecule has 1 unspecified atom stereocenters. The van der Waals surface area contributed by atoms with E-state index < -0.39 is 0 Å². The molecule has 1 aliphatic heterocycles. The van der Waals surface area contributed by atoms with Crippen LogP contribution in [0.1, 0.15) is 24.6 Å². The van der Waals surface area contributed by atoms with Gasteiger partial charge in [0, 0.05) is 36.4 Å². The van der Waals surface area contributed by atoms with E-state index in [2.05, 4.69) is 27.0 Å². The van der Waals surface area contributed by atoms with E-state index in [4.69, 9.17) is 16.7 Å². The molecule has 0 radical (unpaired) electrons. The third kappa shape index (κ3) is 2.15. The lowest BCUT2D eigenvalue weighted by Gasteiger charge is -2.32. The van der Waals surface area contributed by atoms with Crippen molar-refractivity contribution < 1.29 is 0 Å². The monoisotopic (exact) mass is 339 g/mol. The first kappa shape index (κ1) is 14.1. The van der Waals surface area contributed by atoms with Crippen LogP contribution in [-0.4, -0.2) is 27.5 Å². The molecular formula is C18H18ClN5. The summed E-state index contributed by atoms with van der Waals surface area (Å²) in [7, 11) is 1.97. The predicted molar refractivity (Wildman–Crippen MR) is 97.5 cm³/mol. The molecule has 1 N–H and O–H groups in total. The van der Waals surface area contributed by atoms with Crippen LogP contribution in [0.5, 0.6) is 0 Å². The number of H-pyrrole nitrogens is 1. The van der Waals surface area contributed by atoms with Crippen molar-refractivity contribution in [3.63, 3.8) is 0 Å². The van der Waals surface area contributed by atoms with Crippen LogP contribution >= 0.6 is 11.6 Å². The Morgan fingerprint density at radius 1 is 1.29 bits per heavy atom. The highest BCUT2D eigenvalue weighted by Crippen LogP contribution is 2.42. The predicted octanol–water partition coefficient (Wildman–Crippen LogP) is 4.23. The van der Waals surface area contributed by atoms with Crippen molar-refractivity contribution in [2.45, 2.75) is 18.9 Å². The number of aromatic amines is 1. The van der Waals surface area contributed by atoms with Crippen LogP contribution in [0.3, 0.4) is 0 Å². The van der Waals surface area contributed by atoms with Crippen LogP contribution in [-0.2, 0) is 7.05 Å². The van der Waals surface area contributed by atoms with Crippen molar-refractivity contribution in [2.24, 2.45) is 18.0 Å². The first-order valence-corrected chi connectivity index (χ1v) is 8.69. The minimum absolute atomic E-state index is 0.0544. The number of anilines is 1. The molecule has 1 aliphatic carbocycles. The van der Waals surface area contributed by atoms with Crippen molar-refractivity contribution in [3.05, 3.63) is 41.2 Å². The molecule has 6 heteroatoms. The quantitative estimate of drug-likeness (QED) is 0.776. The lowest BCUT2D eigenvalue weighted by molar-refractivity contribution is 0.666. The van der Waals surface area contributed by atoms with Gasteiger partial charge in [-0.3, -0.25) is 4.68 Å². The van der Waals surface area contributed by atoms with Gasteiger partial charge < -0.3 is 9.88 Å². The summed E-state index contributed by atoms with van der Waals surface area (Å²) in [6.45, 7) is 1.05. The summed E-state index contributed by atoms with van der Waals surface area (Å²) in [5.74, 6) is 1.72. The molecule has 0 spiro atoms. The maximum Gasteiger partial charge on any atom is 0.153 e. The lowest BCUT2D eigenvalue weighted by atomic mass is 10.1. The van der Waals surface area contributed by atoms with Crippen LogP contribution in [0.4, 0.5) is 11.5 Å². The molecule has 1 fully saturated rings. The second-order valence-corrected chi connectivity index (χ2v) is 7.14. The SMILES string of the molecule is Cn1nc(C2C=Nc3[nH]ccc3N2CC2CC2)c2ccc(Cl)cc21. The minimum atomic E-state index is 0.0544. The molecule has 0 bridgehead atoms. The number of aryl methyl sites for hydroxylation is 1. The molecule has 3 aromatic rings. The Balaban J connectivity index is 1.64. The maximum atomic E-state index is 6.16. The van der Waals surface area contributed by atoms with Crippen molar-refractivity contribution in [1.82, 2.24) is 14.8 Å². The summed E-state index contributed by atoms with van der Waals surface area (Å²) in [6.07, 6.45) is 6.61. The fraction of sp³-hybridized carbons (Fsp3) is 0.333. The number of nitrogens with zero attached hydrogens (tertiary/aromatic N) is 4. The van der Waals surface area contributed by atoms with Gasteiger partial charge in [-0.2, -0.15) is 5.10 Å². The van der Waals surface area contributed by atoms with Crippen LogP contribution in [0.15, 0.2) is 35.5 Å². The van der Waals surface area contributed by atoms with Gasteiger partial charge in [0.05, 0.1) is 16.9 Å². The number of rotatable bonds is 3. The van der Waals surface area contributed by atoms with E-state index in [0.717, 1.165) is 39.9 Å². The molecule has 24 heavy (non-hydrogen) atoms. The smallest absolute Gasteiger partial charge is 0.153 e. The normalized spacial score (nSPS) is 19.9. The van der Waals surface area contributed by atoms with E-state index in [1.165, 1.54) is 18.5 Å². The van der Waals surface area contributed by atoms with E-state index in [1.807, 2.05) is 36.3 Å². The van der Waals surface area contributed by atoms with Crippen LogP contribution in [0.2, 0.25) is 5.02 Å². The second kappa shape index (κ2) is 5.11. The lowest BCUT2D eigenvalue weighted by Crippen LogP contribution is -2.33. The molecule has 122 valence electrons. The van der Waals surface area contributed by atoms with Gasteiger partial charge in [-0.15, -0.1) is 0 Å². The highest BCUT2D eigenvalue weighted by Gasteiger charge is 2.33. The van der Waals surface area contributed by atoms with Crippen LogP contribution in [0.25, 0.3) is 10.9 Å². The zero-order valence-electron chi connectivity index (χ0n) is 13.4. The van der Waals surface area contributed by atoms with E-state index in [9.17, 15) is 0 Å². The van der Waals surface area contributed by atoms with Gasteiger partial charge in [-0.1, -0.05) is 11.6 Å². The topological polar surface area (TPSA) is 49.2 Å². The minimum Gasteiger partial charge on any atom is -0.354 e. The molecule has 1 aromatic carbocycles. The summed E-state index contributed by atoms with van der Waals surface area (Å²) in [6, 6.07) is 8.14. The Kier molecular flexibility index (Phi) is 3.00. The Bertz CT molecular complexity index is 950. The third-order valence-electron chi connectivity index (χ3n) is 4.97. The van der Waals surface area contributed by atoms with E-state index in [0.29, 0.717) is 0 Å². The second-order valence-electron chi connectivity index (χ2n) is 6.70. The van der Waals surface area contributed by atoms with Gasteiger partial charge in [0.15, 0.2) is 5.82 Å².